The third kappa shape index (κ3) is 1.82. The zero-order valence-corrected chi connectivity index (χ0v) is 9.36. The fraction of sp³-hybridized carbons (Fsp3) is 0.545. The summed E-state index contributed by atoms with van der Waals surface area (Å²) in [6.07, 6.45) is 3.57. The van der Waals surface area contributed by atoms with Crippen molar-refractivity contribution in [3.8, 4) is 0 Å². The Hall–Kier alpha value is -0.830. The second-order valence-electron chi connectivity index (χ2n) is 3.70. The Bertz CT molecular complexity index is 324. The molecule has 0 atom stereocenters. The molecule has 0 bridgehead atoms. The van der Waals surface area contributed by atoms with Gasteiger partial charge in [-0.25, -0.2) is 0 Å². The van der Waals surface area contributed by atoms with E-state index in [1.165, 1.54) is 17.7 Å². The molecular weight excluding hydrogens is 192 g/mol. The summed E-state index contributed by atoms with van der Waals surface area (Å²) in [5, 5.41) is 10.2. The zero-order chi connectivity index (χ0) is 9.97. The fourth-order valence-corrected chi connectivity index (χ4v) is 2.63. The van der Waals surface area contributed by atoms with Gasteiger partial charge in [-0.1, -0.05) is 6.92 Å². The van der Waals surface area contributed by atoms with Gasteiger partial charge in [0.15, 0.2) is 0 Å². The van der Waals surface area contributed by atoms with Crippen LogP contribution in [0.2, 0.25) is 0 Å². The Morgan fingerprint density at radius 3 is 2.79 bits per heavy atom. The minimum atomic E-state index is 0.721. The summed E-state index contributed by atoms with van der Waals surface area (Å²) in [5.74, 6) is 0.721. The number of aryl methyl sites for hydroxylation is 1. The van der Waals surface area contributed by atoms with E-state index in [9.17, 15) is 0 Å². The topological polar surface area (TPSA) is 27.1 Å². The van der Waals surface area contributed by atoms with Gasteiger partial charge in [-0.3, -0.25) is 5.41 Å². The lowest BCUT2D eigenvalue weighted by atomic mass is 10.2. The minimum absolute atomic E-state index is 0.721. The molecule has 2 rings (SSSR count). The maximum atomic E-state index is 8.05. The van der Waals surface area contributed by atoms with Crippen LogP contribution < -0.4 is 0 Å². The lowest BCUT2D eigenvalue weighted by molar-refractivity contribution is 0.517. The molecule has 1 aliphatic rings. The molecular formula is C11H16N2S. The molecule has 1 saturated heterocycles. The van der Waals surface area contributed by atoms with Crippen molar-refractivity contribution in [1.82, 2.24) is 4.90 Å². The number of nitrogens with one attached hydrogen (secondary N) is 1. The van der Waals surface area contributed by atoms with Gasteiger partial charge in [0.25, 0.3) is 0 Å². The van der Waals surface area contributed by atoms with Gasteiger partial charge in [0.2, 0.25) is 0 Å². The number of hydrogen-bond acceptors (Lipinski definition) is 2. The molecule has 0 aromatic carbocycles. The molecule has 2 nitrogen and oxygen atoms in total. The van der Waals surface area contributed by atoms with E-state index in [1.54, 1.807) is 11.3 Å². The lowest BCUT2D eigenvalue weighted by Crippen LogP contribution is -2.27. The molecule has 1 fully saturated rings. The van der Waals surface area contributed by atoms with Gasteiger partial charge in [0.1, 0.15) is 5.84 Å². The van der Waals surface area contributed by atoms with Crippen LogP contribution in [0.15, 0.2) is 11.4 Å². The van der Waals surface area contributed by atoms with Crippen molar-refractivity contribution in [1.29, 1.82) is 5.41 Å². The summed E-state index contributed by atoms with van der Waals surface area (Å²) < 4.78 is 0. The van der Waals surface area contributed by atoms with Crippen molar-refractivity contribution >= 4 is 17.2 Å². The first-order valence-corrected chi connectivity index (χ1v) is 6.10. The van der Waals surface area contributed by atoms with Gasteiger partial charge in [0.05, 0.1) is 0 Å². The Balaban J connectivity index is 2.09. The van der Waals surface area contributed by atoms with E-state index in [0.717, 1.165) is 30.9 Å². The SMILES string of the molecule is CCc1cc(C(=N)N2CCCC2)cs1. The van der Waals surface area contributed by atoms with Crippen LogP contribution in [0.3, 0.4) is 0 Å². The molecule has 0 aliphatic carbocycles. The minimum Gasteiger partial charge on any atom is -0.357 e. The summed E-state index contributed by atoms with van der Waals surface area (Å²) in [5.41, 5.74) is 1.11. The standard InChI is InChI=1S/C11H16N2S/c1-2-10-7-9(8-14-10)11(12)13-5-3-4-6-13/h7-8,12H,2-6H2,1H3. The number of nitrogens with zero attached hydrogens (tertiary/aromatic N) is 1. The van der Waals surface area contributed by atoms with Crippen molar-refractivity contribution in [3.05, 3.63) is 21.9 Å². The number of thiophene rings is 1. The first kappa shape index (κ1) is 9.71. The molecule has 0 radical (unpaired) electrons. The lowest BCUT2D eigenvalue weighted by Gasteiger charge is -2.16. The van der Waals surface area contributed by atoms with Crippen molar-refractivity contribution in [2.45, 2.75) is 26.2 Å². The van der Waals surface area contributed by atoms with E-state index in [4.69, 9.17) is 5.41 Å². The molecule has 1 aromatic rings. The van der Waals surface area contributed by atoms with Crippen LogP contribution in [-0.2, 0) is 6.42 Å². The molecule has 1 aromatic heterocycles. The average molecular weight is 208 g/mol. The van der Waals surface area contributed by atoms with E-state index in [2.05, 4.69) is 23.3 Å². The van der Waals surface area contributed by atoms with Crippen LogP contribution in [0.25, 0.3) is 0 Å². The van der Waals surface area contributed by atoms with Gasteiger partial charge in [-0.05, 0) is 25.3 Å². The normalized spacial score (nSPS) is 16.2. The fourth-order valence-electron chi connectivity index (χ4n) is 1.81. The van der Waals surface area contributed by atoms with Crippen molar-refractivity contribution < 1.29 is 0 Å². The van der Waals surface area contributed by atoms with E-state index >= 15 is 0 Å². The summed E-state index contributed by atoms with van der Waals surface area (Å²) in [4.78, 5) is 3.56. The van der Waals surface area contributed by atoms with E-state index in [1.807, 2.05) is 0 Å². The highest BCUT2D eigenvalue weighted by Crippen LogP contribution is 2.19. The molecule has 14 heavy (non-hydrogen) atoms. The van der Waals surface area contributed by atoms with Gasteiger partial charge in [-0.15, -0.1) is 11.3 Å². The Kier molecular flexibility index (Phi) is 2.87. The molecule has 0 saturated carbocycles. The maximum absolute atomic E-state index is 8.05. The molecule has 1 N–H and O–H groups in total. The smallest absolute Gasteiger partial charge is 0.128 e. The number of likely N-dealkylation sites (tertiary alicyclic amines) is 1. The predicted molar refractivity (Wildman–Crippen MR) is 61.3 cm³/mol. The highest BCUT2D eigenvalue weighted by Gasteiger charge is 2.16. The predicted octanol–water partition coefficient (Wildman–Crippen LogP) is 2.73. The first-order chi connectivity index (χ1) is 6.81. The van der Waals surface area contributed by atoms with Crippen LogP contribution in [0.5, 0.6) is 0 Å². The Labute approximate surface area is 89.1 Å². The summed E-state index contributed by atoms with van der Waals surface area (Å²) in [6, 6.07) is 2.16. The summed E-state index contributed by atoms with van der Waals surface area (Å²) in [7, 11) is 0. The highest BCUT2D eigenvalue weighted by molar-refractivity contribution is 7.10. The Morgan fingerprint density at radius 2 is 2.21 bits per heavy atom. The molecule has 1 aliphatic heterocycles. The van der Waals surface area contributed by atoms with Crippen molar-refractivity contribution in [2.24, 2.45) is 0 Å². The van der Waals surface area contributed by atoms with Crippen LogP contribution in [-0.4, -0.2) is 23.8 Å². The van der Waals surface area contributed by atoms with Gasteiger partial charge < -0.3 is 4.90 Å². The van der Waals surface area contributed by atoms with Crippen LogP contribution in [0, 0.1) is 5.41 Å². The second-order valence-corrected chi connectivity index (χ2v) is 4.69. The largest absolute Gasteiger partial charge is 0.357 e. The molecule has 3 heteroatoms. The number of rotatable bonds is 2. The third-order valence-electron chi connectivity index (χ3n) is 2.70. The van der Waals surface area contributed by atoms with E-state index < -0.39 is 0 Å². The Morgan fingerprint density at radius 1 is 1.50 bits per heavy atom. The van der Waals surface area contributed by atoms with Crippen LogP contribution in [0.1, 0.15) is 30.2 Å². The highest BCUT2D eigenvalue weighted by atomic mass is 32.1. The van der Waals surface area contributed by atoms with E-state index in [0.29, 0.717) is 0 Å². The van der Waals surface area contributed by atoms with Crippen LogP contribution >= 0.6 is 11.3 Å². The zero-order valence-electron chi connectivity index (χ0n) is 8.55. The molecule has 2 heterocycles. The second kappa shape index (κ2) is 4.13. The molecule has 0 amide bonds. The maximum Gasteiger partial charge on any atom is 0.128 e. The van der Waals surface area contributed by atoms with Crippen molar-refractivity contribution in [2.75, 3.05) is 13.1 Å². The monoisotopic (exact) mass is 208 g/mol. The van der Waals surface area contributed by atoms with Crippen molar-refractivity contribution in [3.63, 3.8) is 0 Å². The first-order valence-electron chi connectivity index (χ1n) is 5.22. The van der Waals surface area contributed by atoms with Crippen LogP contribution in [0.4, 0.5) is 0 Å². The third-order valence-corrected chi connectivity index (χ3v) is 3.78. The summed E-state index contributed by atoms with van der Waals surface area (Å²) in [6.45, 7) is 4.29. The van der Waals surface area contributed by atoms with Gasteiger partial charge >= 0.3 is 0 Å². The van der Waals surface area contributed by atoms with Gasteiger partial charge in [0, 0.05) is 28.9 Å². The quantitative estimate of drug-likeness (QED) is 0.587. The van der Waals surface area contributed by atoms with Gasteiger partial charge in [-0.2, -0.15) is 0 Å². The summed E-state index contributed by atoms with van der Waals surface area (Å²) >= 11 is 1.77. The number of hydrogen-bond donors (Lipinski definition) is 1. The molecule has 0 unspecified atom stereocenters. The van der Waals surface area contributed by atoms with E-state index in [-0.39, 0.29) is 0 Å². The molecule has 0 spiro atoms. The number of amidine groups is 1. The molecule has 76 valence electrons. The average Bonchev–Trinajstić information content (AvgIpc) is 2.88.